The van der Waals surface area contributed by atoms with Gasteiger partial charge < -0.3 is 5.32 Å². The van der Waals surface area contributed by atoms with Gasteiger partial charge in [0.1, 0.15) is 0 Å². The minimum absolute atomic E-state index is 1.09. The Morgan fingerprint density at radius 1 is 1.10 bits per heavy atom. The maximum Gasteiger partial charge on any atom is 0.0738 e. The molecule has 0 unspecified atom stereocenters. The molecule has 4 rings (SSSR count). The zero-order chi connectivity index (χ0) is 13.5. The molecule has 98 valence electrons. The van der Waals surface area contributed by atoms with Crippen LogP contribution in [-0.4, -0.2) is 17.2 Å². The summed E-state index contributed by atoms with van der Waals surface area (Å²) in [7, 11) is 1.94. The summed E-state index contributed by atoms with van der Waals surface area (Å²) in [5, 5.41) is 12.9. The van der Waals surface area contributed by atoms with Crippen molar-refractivity contribution >= 4 is 38.0 Å². The second kappa shape index (κ2) is 4.35. The third kappa shape index (κ3) is 1.69. The number of hydrogen-bond donors (Lipinski definition) is 2. The normalized spacial score (nSPS) is 11.2. The molecule has 2 N–H and O–H groups in total. The van der Waals surface area contributed by atoms with Crippen molar-refractivity contribution < 1.29 is 0 Å². The molecule has 0 atom stereocenters. The molecule has 0 aliphatic carbocycles. The first-order valence-corrected chi connectivity index (χ1v) is 7.30. The molecule has 0 radical (unpaired) electrons. The summed E-state index contributed by atoms with van der Waals surface area (Å²) in [4.78, 5) is 1.26. The Labute approximate surface area is 120 Å². The lowest BCUT2D eigenvalue weighted by atomic mass is 10.1. The lowest BCUT2D eigenvalue weighted by Crippen LogP contribution is -1.88. The van der Waals surface area contributed by atoms with Gasteiger partial charge >= 0.3 is 0 Å². The van der Waals surface area contributed by atoms with E-state index in [1.165, 1.54) is 20.5 Å². The first-order chi connectivity index (χ1) is 9.85. The van der Waals surface area contributed by atoms with Gasteiger partial charge in [-0.25, -0.2) is 0 Å². The first-order valence-electron chi connectivity index (χ1n) is 6.49. The number of nitrogens with zero attached hydrogens (tertiary/aromatic N) is 1. The predicted octanol–water partition coefficient (Wildman–Crippen LogP) is 4.49. The van der Waals surface area contributed by atoms with Crippen LogP contribution in [-0.2, 0) is 0 Å². The number of anilines is 1. The highest BCUT2D eigenvalue weighted by Crippen LogP contribution is 2.37. The van der Waals surface area contributed by atoms with Crippen molar-refractivity contribution in [2.75, 3.05) is 12.4 Å². The van der Waals surface area contributed by atoms with Gasteiger partial charge in [-0.05, 0) is 29.7 Å². The van der Waals surface area contributed by atoms with Crippen LogP contribution in [0.4, 0.5) is 5.69 Å². The van der Waals surface area contributed by atoms with E-state index in [2.05, 4.69) is 58.0 Å². The van der Waals surface area contributed by atoms with Crippen molar-refractivity contribution in [3.63, 3.8) is 0 Å². The van der Waals surface area contributed by atoms with E-state index in [0.717, 1.165) is 16.6 Å². The molecule has 0 bridgehead atoms. The largest absolute Gasteiger partial charge is 0.388 e. The highest BCUT2D eigenvalue weighted by atomic mass is 32.1. The van der Waals surface area contributed by atoms with Crippen LogP contribution in [0.25, 0.3) is 31.4 Å². The van der Waals surface area contributed by atoms with Crippen LogP contribution >= 0.6 is 11.3 Å². The maximum atomic E-state index is 4.17. The molecule has 0 saturated heterocycles. The van der Waals surface area contributed by atoms with Crippen molar-refractivity contribution in [3.05, 3.63) is 48.7 Å². The number of rotatable bonds is 2. The van der Waals surface area contributed by atoms with Crippen LogP contribution < -0.4 is 5.32 Å². The number of benzene rings is 2. The quantitative estimate of drug-likeness (QED) is 0.567. The Kier molecular flexibility index (Phi) is 2.50. The molecule has 4 heteroatoms. The summed E-state index contributed by atoms with van der Waals surface area (Å²) in [6.07, 6.45) is 1.87. The zero-order valence-corrected chi connectivity index (χ0v) is 11.8. The van der Waals surface area contributed by atoms with E-state index in [9.17, 15) is 0 Å². The Hall–Kier alpha value is -2.33. The third-order valence-corrected chi connectivity index (χ3v) is 4.68. The maximum absolute atomic E-state index is 4.17. The third-order valence-electron chi connectivity index (χ3n) is 3.53. The van der Waals surface area contributed by atoms with Gasteiger partial charge in [-0.15, -0.1) is 11.3 Å². The predicted molar refractivity (Wildman–Crippen MR) is 86.5 cm³/mol. The SMILES string of the molecule is CNc1cc(-c2cc3ccccc3s2)c2[nH]ncc2c1. The minimum atomic E-state index is 1.09. The number of aromatic nitrogens is 2. The van der Waals surface area contributed by atoms with E-state index in [4.69, 9.17) is 0 Å². The van der Waals surface area contributed by atoms with Gasteiger partial charge in [0, 0.05) is 33.3 Å². The Bertz CT molecular complexity index is 871. The van der Waals surface area contributed by atoms with Gasteiger partial charge in [0.05, 0.1) is 11.7 Å². The van der Waals surface area contributed by atoms with E-state index in [1.54, 1.807) is 0 Å². The summed E-state index contributed by atoms with van der Waals surface area (Å²) in [6, 6.07) is 15.0. The number of fused-ring (bicyclic) bond motifs is 2. The smallest absolute Gasteiger partial charge is 0.0738 e. The van der Waals surface area contributed by atoms with Crippen LogP contribution in [0, 0.1) is 0 Å². The molecule has 2 heterocycles. The molecule has 20 heavy (non-hydrogen) atoms. The Morgan fingerprint density at radius 3 is 2.85 bits per heavy atom. The minimum Gasteiger partial charge on any atom is -0.388 e. The van der Waals surface area contributed by atoms with Gasteiger partial charge in [-0.1, -0.05) is 18.2 Å². The summed E-state index contributed by atoms with van der Waals surface area (Å²) in [6.45, 7) is 0. The van der Waals surface area contributed by atoms with E-state index in [1.807, 2.05) is 24.6 Å². The standard InChI is InChI=1S/C16H13N3S/c1-17-12-6-11-9-18-19-16(11)13(8-12)15-7-10-4-2-3-5-14(10)20-15/h2-9,17H,1H3,(H,18,19). The van der Waals surface area contributed by atoms with Crippen molar-refractivity contribution in [1.29, 1.82) is 0 Å². The second-order valence-corrected chi connectivity index (χ2v) is 5.84. The Morgan fingerprint density at radius 2 is 2.00 bits per heavy atom. The van der Waals surface area contributed by atoms with Crippen molar-refractivity contribution in [1.82, 2.24) is 10.2 Å². The highest BCUT2D eigenvalue weighted by Gasteiger charge is 2.10. The summed E-state index contributed by atoms with van der Waals surface area (Å²) in [5.41, 5.74) is 3.40. The zero-order valence-electron chi connectivity index (χ0n) is 11.0. The van der Waals surface area contributed by atoms with Crippen molar-refractivity contribution in [3.8, 4) is 10.4 Å². The number of H-pyrrole nitrogens is 1. The number of nitrogens with one attached hydrogen (secondary N) is 2. The van der Waals surface area contributed by atoms with Crippen LogP contribution in [0.1, 0.15) is 0 Å². The first kappa shape index (κ1) is 11.5. The topological polar surface area (TPSA) is 40.7 Å². The van der Waals surface area contributed by atoms with E-state index >= 15 is 0 Å². The molecule has 0 saturated carbocycles. The molecular formula is C16H13N3S. The molecule has 0 amide bonds. The summed E-state index contributed by atoms with van der Waals surface area (Å²) < 4.78 is 1.31. The van der Waals surface area contributed by atoms with Gasteiger partial charge in [-0.3, -0.25) is 5.10 Å². The summed E-state index contributed by atoms with van der Waals surface area (Å²) in [5.74, 6) is 0. The van der Waals surface area contributed by atoms with E-state index in [0.29, 0.717) is 0 Å². The van der Waals surface area contributed by atoms with Crippen LogP contribution in [0.5, 0.6) is 0 Å². The highest BCUT2D eigenvalue weighted by molar-refractivity contribution is 7.22. The molecule has 0 fully saturated rings. The van der Waals surface area contributed by atoms with Gasteiger partial charge in [0.2, 0.25) is 0 Å². The fourth-order valence-electron chi connectivity index (χ4n) is 2.51. The molecule has 0 aliphatic heterocycles. The van der Waals surface area contributed by atoms with Crippen LogP contribution in [0.2, 0.25) is 0 Å². The number of hydrogen-bond acceptors (Lipinski definition) is 3. The van der Waals surface area contributed by atoms with Crippen molar-refractivity contribution in [2.24, 2.45) is 0 Å². The molecule has 0 aliphatic rings. The number of thiophene rings is 1. The second-order valence-electron chi connectivity index (χ2n) is 4.76. The Balaban J connectivity index is 2.02. The monoisotopic (exact) mass is 279 g/mol. The van der Waals surface area contributed by atoms with Gasteiger partial charge in [0.15, 0.2) is 0 Å². The molecular weight excluding hydrogens is 266 g/mol. The molecule has 3 nitrogen and oxygen atoms in total. The average molecular weight is 279 g/mol. The van der Waals surface area contributed by atoms with Gasteiger partial charge in [-0.2, -0.15) is 5.10 Å². The fourth-order valence-corrected chi connectivity index (χ4v) is 3.60. The molecule has 2 aromatic carbocycles. The molecule has 0 spiro atoms. The van der Waals surface area contributed by atoms with Crippen molar-refractivity contribution in [2.45, 2.75) is 0 Å². The van der Waals surface area contributed by atoms with Crippen LogP contribution in [0.3, 0.4) is 0 Å². The lowest BCUT2D eigenvalue weighted by Gasteiger charge is -2.05. The average Bonchev–Trinajstić information content (AvgIpc) is 3.12. The summed E-state index contributed by atoms with van der Waals surface area (Å²) >= 11 is 1.81. The van der Waals surface area contributed by atoms with Gasteiger partial charge in [0.25, 0.3) is 0 Å². The lowest BCUT2D eigenvalue weighted by molar-refractivity contribution is 1.12. The number of aromatic amines is 1. The fraction of sp³-hybridized carbons (Fsp3) is 0.0625. The molecule has 2 aromatic heterocycles. The molecule has 4 aromatic rings. The van der Waals surface area contributed by atoms with E-state index in [-0.39, 0.29) is 0 Å². The van der Waals surface area contributed by atoms with Crippen LogP contribution in [0.15, 0.2) is 48.7 Å². The van der Waals surface area contributed by atoms with E-state index < -0.39 is 0 Å².